The maximum Gasteiger partial charge on any atom is 0.0880 e. The van der Waals surface area contributed by atoms with E-state index in [0.717, 1.165) is 6.54 Å². The highest BCUT2D eigenvalue weighted by Gasteiger charge is 2.41. The molecule has 1 aromatic heterocycles. The van der Waals surface area contributed by atoms with E-state index in [0.29, 0.717) is 6.04 Å². The summed E-state index contributed by atoms with van der Waals surface area (Å²) in [5.74, 6) is 0. The summed E-state index contributed by atoms with van der Waals surface area (Å²) in [5, 5.41) is 5.97. The van der Waals surface area contributed by atoms with Crippen LogP contribution in [-0.4, -0.2) is 19.3 Å². The summed E-state index contributed by atoms with van der Waals surface area (Å²) in [4.78, 5) is 1.47. The molecule has 1 heterocycles. The number of nitrogens with one attached hydrogen (secondary N) is 1. The van der Waals surface area contributed by atoms with Gasteiger partial charge in [-0.3, -0.25) is 0 Å². The number of aryl methyl sites for hydroxylation is 1. The third-order valence-electron chi connectivity index (χ3n) is 4.39. The fraction of sp³-hybridized carbons (Fsp3) is 0.750. The first-order valence-electron chi connectivity index (χ1n) is 7.56. The van der Waals surface area contributed by atoms with Crippen LogP contribution in [0.15, 0.2) is 11.4 Å². The van der Waals surface area contributed by atoms with E-state index >= 15 is 0 Å². The summed E-state index contributed by atoms with van der Waals surface area (Å²) < 4.78 is 6.06. The molecule has 0 saturated heterocycles. The molecule has 1 fully saturated rings. The van der Waals surface area contributed by atoms with Crippen LogP contribution in [0.4, 0.5) is 0 Å². The second kappa shape index (κ2) is 6.87. The highest BCUT2D eigenvalue weighted by atomic mass is 32.1. The molecular formula is C16H27NOS. The van der Waals surface area contributed by atoms with Gasteiger partial charge in [0.1, 0.15) is 0 Å². The Hall–Kier alpha value is -0.380. The maximum atomic E-state index is 6.06. The van der Waals surface area contributed by atoms with Crippen molar-refractivity contribution in [3.63, 3.8) is 0 Å². The molecule has 3 heteroatoms. The summed E-state index contributed by atoms with van der Waals surface area (Å²) in [6.45, 7) is 5.51. The van der Waals surface area contributed by atoms with Crippen LogP contribution >= 0.6 is 11.3 Å². The molecular weight excluding hydrogens is 254 g/mol. The third-order valence-corrected chi connectivity index (χ3v) is 5.48. The van der Waals surface area contributed by atoms with Crippen LogP contribution in [0.2, 0.25) is 0 Å². The molecule has 108 valence electrons. The summed E-state index contributed by atoms with van der Waals surface area (Å²) in [7, 11) is 1.90. The Balaban J connectivity index is 2.27. The lowest BCUT2D eigenvalue weighted by Gasteiger charge is -2.43. The van der Waals surface area contributed by atoms with E-state index in [1.807, 2.05) is 18.4 Å². The van der Waals surface area contributed by atoms with Crippen molar-refractivity contribution in [3.8, 4) is 0 Å². The van der Waals surface area contributed by atoms with Crippen LogP contribution in [0.25, 0.3) is 0 Å². The minimum absolute atomic E-state index is 0.00301. The van der Waals surface area contributed by atoms with E-state index in [9.17, 15) is 0 Å². The van der Waals surface area contributed by atoms with Gasteiger partial charge in [0.2, 0.25) is 0 Å². The van der Waals surface area contributed by atoms with E-state index in [-0.39, 0.29) is 5.60 Å². The molecule has 0 spiro atoms. The zero-order valence-electron chi connectivity index (χ0n) is 12.5. The first-order valence-corrected chi connectivity index (χ1v) is 8.44. The second-order valence-corrected chi connectivity index (χ2v) is 6.63. The van der Waals surface area contributed by atoms with Crippen molar-refractivity contribution in [2.45, 2.75) is 64.0 Å². The molecule has 1 saturated carbocycles. The Bertz CT molecular complexity index is 382. The smallest absolute Gasteiger partial charge is 0.0880 e. The molecule has 0 radical (unpaired) electrons. The van der Waals surface area contributed by atoms with Crippen LogP contribution in [0.1, 0.15) is 61.9 Å². The van der Waals surface area contributed by atoms with Crippen molar-refractivity contribution in [2.75, 3.05) is 13.7 Å². The lowest BCUT2D eigenvalue weighted by molar-refractivity contribution is -0.0680. The monoisotopic (exact) mass is 281 g/mol. The highest BCUT2D eigenvalue weighted by molar-refractivity contribution is 7.10. The van der Waals surface area contributed by atoms with Crippen LogP contribution in [0, 0.1) is 6.92 Å². The van der Waals surface area contributed by atoms with E-state index in [2.05, 4.69) is 30.6 Å². The van der Waals surface area contributed by atoms with Gasteiger partial charge in [0.15, 0.2) is 0 Å². The second-order valence-electron chi connectivity index (χ2n) is 5.68. The molecule has 1 aromatic rings. The molecule has 1 unspecified atom stereocenters. The molecule has 2 nitrogen and oxygen atoms in total. The van der Waals surface area contributed by atoms with Gasteiger partial charge in [-0.05, 0) is 49.7 Å². The quantitative estimate of drug-likeness (QED) is 0.832. The molecule has 1 atom stereocenters. The van der Waals surface area contributed by atoms with Crippen LogP contribution in [0.5, 0.6) is 0 Å². The van der Waals surface area contributed by atoms with E-state index in [1.165, 1.54) is 49.0 Å². The first kappa shape index (κ1) is 15.0. The molecule has 0 aliphatic heterocycles. The van der Waals surface area contributed by atoms with Gasteiger partial charge in [-0.1, -0.05) is 26.2 Å². The van der Waals surface area contributed by atoms with E-state index < -0.39 is 0 Å². The fourth-order valence-electron chi connectivity index (χ4n) is 3.25. The number of ether oxygens (including phenoxy) is 1. The van der Waals surface area contributed by atoms with Crippen molar-refractivity contribution < 1.29 is 4.74 Å². The Morgan fingerprint density at radius 2 is 2.11 bits per heavy atom. The molecule has 1 aliphatic rings. The number of thiophene rings is 1. The molecule has 1 N–H and O–H groups in total. The maximum absolute atomic E-state index is 6.06. The van der Waals surface area contributed by atoms with Crippen molar-refractivity contribution >= 4 is 11.3 Å². The van der Waals surface area contributed by atoms with Gasteiger partial charge in [-0.15, -0.1) is 11.3 Å². The van der Waals surface area contributed by atoms with Gasteiger partial charge < -0.3 is 10.1 Å². The van der Waals surface area contributed by atoms with Gasteiger partial charge in [0.25, 0.3) is 0 Å². The van der Waals surface area contributed by atoms with Crippen molar-refractivity contribution in [1.29, 1.82) is 0 Å². The van der Waals surface area contributed by atoms with Gasteiger partial charge in [0, 0.05) is 12.0 Å². The summed E-state index contributed by atoms with van der Waals surface area (Å²) in [6.07, 6.45) is 7.48. The van der Waals surface area contributed by atoms with E-state index in [4.69, 9.17) is 4.74 Å². The SMILES string of the molecule is CCCNC(c1sccc1C)C1(OC)CCCCC1. The number of rotatable bonds is 6. The minimum Gasteiger partial charge on any atom is -0.376 e. The minimum atomic E-state index is 0.00301. The molecule has 2 rings (SSSR count). The largest absolute Gasteiger partial charge is 0.376 e. The Morgan fingerprint density at radius 1 is 1.37 bits per heavy atom. The first-order chi connectivity index (χ1) is 9.23. The average molecular weight is 281 g/mol. The van der Waals surface area contributed by atoms with Gasteiger partial charge >= 0.3 is 0 Å². The molecule has 0 bridgehead atoms. The zero-order chi connectivity index (χ0) is 13.7. The number of hydrogen-bond acceptors (Lipinski definition) is 3. The van der Waals surface area contributed by atoms with Crippen LogP contribution in [-0.2, 0) is 4.74 Å². The van der Waals surface area contributed by atoms with Gasteiger partial charge in [-0.25, -0.2) is 0 Å². The summed E-state index contributed by atoms with van der Waals surface area (Å²) in [6, 6.07) is 2.59. The molecule has 0 aromatic carbocycles. The third kappa shape index (κ3) is 3.21. The van der Waals surface area contributed by atoms with Crippen molar-refractivity contribution in [3.05, 3.63) is 21.9 Å². The van der Waals surface area contributed by atoms with Crippen molar-refractivity contribution in [2.24, 2.45) is 0 Å². The van der Waals surface area contributed by atoms with Crippen LogP contribution < -0.4 is 5.32 Å². The summed E-state index contributed by atoms with van der Waals surface area (Å²) >= 11 is 1.87. The number of methoxy groups -OCH3 is 1. The summed E-state index contributed by atoms with van der Waals surface area (Å²) in [5.41, 5.74) is 1.41. The molecule has 19 heavy (non-hydrogen) atoms. The lowest BCUT2D eigenvalue weighted by atomic mass is 9.78. The Morgan fingerprint density at radius 3 is 2.63 bits per heavy atom. The lowest BCUT2D eigenvalue weighted by Crippen LogP contribution is -2.47. The molecule has 1 aliphatic carbocycles. The number of hydrogen-bond donors (Lipinski definition) is 1. The normalized spacial score (nSPS) is 20.4. The predicted molar refractivity (Wildman–Crippen MR) is 82.9 cm³/mol. The molecule has 0 amide bonds. The van der Waals surface area contributed by atoms with Gasteiger partial charge in [0.05, 0.1) is 11.6 Å². The topological polar surface area (TPSA) is 21.3 Å². The zero-order valence-corrected chi connectivity index (χ0v) is 13.3. The fourth-order valence-corrected chi connectivity index (χ4v) is 4.35. The van der Waals surface area contributed by atoms with Gasteiger partial charge in [-0.2, -0.15) is 0 Å². The van der Waals surface area contributed by atoms with Crippen molar-refractivity contribution in [1.82, 2.24) is 5.32 Å². The average Bonchev–Trinajstić information content (AvgIpc) is 2.86. The highest BCUT2D eigenvalue weighted by Crippen LogP contribution is 2.43. The Labute approximate surface area is 121 Å². The Kier molecular flexibility index (Phi) is 5.43. The predicted octanol–water partition coefficient (Wildman–Crippen LogP) is 4.45. The van der Waals surface area contributed by atoms with Crippen LogP contribution in [0.3, 0.4) is 0 Å². The standard InChI is InChI=1S/C16H27NOS/c1-4-11-17-15(14-13(2)8-12-19-14)16(18-3)9-6-5-7-10-16/h8,12,15,17H,4-7,9-11H2,1-3H3. The van der Waals surface area contributed by atoms with E-state index in [1.54, 1.807) is 0 Å².